The van der Waals surface area contributed by atoms with E-state index < -0.39 is 12.0 Å². The number of rotatable bonds is 3. The van der Waals surface area contributed by atoms with Crippen molar-refractivity contribution in [3.05, 3.63) is 24.0 Å². The summed E-state index contributed by atoms with van der Waals surface area (Å²) in [6.45, 7) is 0. The molecule has 0 saturated carbocycles. The molecule has 0 aromatic carbocycles. The van der Waals surface area contributed by atoms with E-state index in [1.807, 2.05) is 0 Å². The summed E-state index contributed by atoms with van der Waals surface area (Å²) in [5, 5.41) is 20.6. The summed E-state index contributed by atoms with van der Waals surface area (Å²) >= 11 is 0.931. The number of anilines is 2. The Bertz CT molecular complexity index is 555. The predicted octanol–water partition coefficient (Wildman–Crippen LogP) is 0.670. The zero-order valence-corrected chi connectivity index (χ0v) is 9.51. The standard InChI is InChI=1S/C8H6N6O3S/c15-6(16)5-2-1-4(3-9-5)10-7(17)11-8-12-13-14-18-8/h1-3H,(H,15,16)(H2,10,11,12,14,17). The molecule has 2 heterocycles. The van der Waals surface area contributed by atoms with Gasteiger partial charge in [-0.3, -0.25) is 5.32 Å². The molecule has 0 unspecified atom stereocenters. The molecule has 0 radical (unpaired) electrons. The molecule has 0 saturated heterocycles. The van der Waals surface area contributed by atoms with Crippen LogP contribution in [0.1, 0.15) is 10.5 Å². The van der Waals surface area contributed by atoms with Crippen LogP contribution >= 0.6 is 11.5 Å². The van der Waals surface area contributed by atoms with Gasteiger partial charge in [-0.15, -0.1) is 0 Å². The summed E-state index contributed by atoms with van der Waals surface area (Å²) in [6, 6.07) is 2.16. The smallest absolute Gasteiger partial charge is 0.354 e. The van der Waals surface area contributed by atoms with Gasteiger partial charge in [0.05, 0.1) is 11.9 Å². The van der Waals surface area contributed by atoms with E-state index in [2.05, 4.69) is 30.4 Å². The third kappa shape index (κ3) is 2.95. The first-order valence-corrected chi connectivity index (χ1v) is 5.35. The zero-order chi connectivity index (χ0) is 13.0. The van der Waals surface area contributed by atoms with Crippen molar-refractivity contribution in [2.45, 2.75) is 0 Å². The van der Waals surface area contributed by atoms with Crippen LogP contribution in [0.4, 0.5) is 15.6 Å². The highest BCUT2D eigenvalue weighted by Gasteiger charge is 2.07. The number of carboxylic acid groups (broad SMARTS) is 1. The molecule has 3 N–H and O–H groups in total. The zero-order valence-electron chi connectivity index (χ0n) is 8.69. The molecule has 2 rings (SSSR count). The van der Waals surface area contributed by atoms with Gasteiger partial charge < -0.3 is 10.4 Å². The summed E-state index contributed by atoms with van der Waals surface area (Å²) in [6.07, 6.45) is 1.24. The van der Waals surface area contributed by atoms with Crippen LogP contribution in [0, 0.1) is 0 Å². The molecule has 0 aliphatic carbocycles. The Morgan fingerprint density at radius 3 is 2.67 bits per heavy atom. The molecular formula is C8H6N6O3S. The molecule has 2 amide bonds. The number of hydrogen-bond donors (Lipinski definition) is 3. The number of nitrogens with one attached hydrogen (secondary N) is 2. The van der Waals surface area contributed by atoms with Crippen molar-refractivity contribution in [2.75, 3.05) is 10.6 Å². The van der Waals surface area contributed by atoms with Gasteiger partial charge in [0, 0.05) is 11.5 Å². The number of pyridine rings is 1. The first-order valence-electron chi connectivity index (χ1n) is 4.57. The van der Waals surface area contributed by atoms with E-state index in [1.54, 1.807) is 0 Å². The number of hydrogen-bond acceptors (Lipinski definition) is 7. The first-order chi connectivity index (χ1) is 8.65. The second kappa shape index (κ2) is 5.14. The van der Waals surface area contributed by atoms with Crippen LogP contribution in [-0.4, -0.2) is 36.9 Å². The topological polar surface area (TPSA) is 130 Å². The Morgan fingerprint density at radius 2 is 2.11 bits per heavy atom. The summed E-state index contributed by atoms with van der Waals surface area (Å²) in [5.41, 5.74) is 0.254. The molecule has 0 bridgehead atoms. The van der Waals surface area contributed by atoms with Crippen LogP contribution in [0.3, 0.4) is 0 Å². The lowest BCUT2D eigenvalue weighted by Gasteiger charge is -2.04. The Kier molecular flexibility index (Phi) is 3.38. The maximum absolute atomic E-state index is 11.4. The quantitative estimate of drug-likeness (QED) is 0.744. The van der Waals surface area contributed by atoms with Crippen LogP contribution < -0.4 is 10.6 Å². The fraction of sp³-hybridized carbons (Fsp3) is 0. The summed E-state index contributed by atoms with van der Waals surface area (Å²) < 4.78 is 3.47. The van der Waals surface area contributed by atoms with Gasteiger partial charge in [0.15, 0.2) is 0 Å². The maximum Gasteiger partial charge on any atom is 0.354 e. The molecule has 2 aromatic rings. The van der Waals surface area contributed by atoms with Crippen molar-refractivity contribution in [2.24, 2.45) is 0 Å². The first kappa shape index (κ1) is 11.9. The van der Waals surface area contributed by atoms with Gasteiger partial charge >= 0.3 is 12.0 Å². The van der Waals surface area contributed by atoms with Crippen molar-refractivity contribution in [1.82, 2.24) is 19.8 Å². The Hall–Kier alpha value is -2.62. The van der Waals surface area contributed by atoms with E-state index >= 15 is 0 Å². The van der Waals surface area contributed by atoms with Gasteiger partial charge in [0.2, 0.25) is 5.13 Å². The molecular weight excluding hydrogens is 260 g/mol. The van der Waals surface area contributed by atoms with E-state index in [0.717, 1.165) is 11.5 Å². The van der Waals surface area contributed by atoms with E-state index in [9.17, 15) is 9.59 Å². The van der Waals surface area contributed by atoms with E-state index in [4.69, 9.17) is 5.11 Å². The lowest BCUT2D eigenvalue weighted by molar-refractivity contribution is 0.0690. The van der Waals surface area contributed by atoms with Gasteiger partial charge in [-0.05, 0) is 17.3 Å². The predicted molar refractivity (Wildman–Crippen MR) is 61.5 cm³/mol. The molecule has 0 atom stereocenters. The minimum Gasteiger partial charge on any atom is -0.477 e. The molecule has 9 nitrogen and oxygen atoms in total. The second-order valence-electron chi connectivity index (χ2n) is 2.98. The average Bonchev–Trinajstić information content (AvgIpc) is 2.82. The molecule has 0 aliphatic heterocycles. The molecule has 0 fully saturated rings. The Labute approximate surface area is 104 Å². The molecule has 2 aromatic heterocycles. The number of carbonyl (C=O) groups excluding carboxylic acids is 1. The Morgan fingerprint density at radius 1 is 1.28 bits per heavy atom. The van der Waals surface area contributed by atoms with Crippen LogP contribution in [0.2, 0.25) is 0 Å². The second-order valence-corrected chi connectivity index (χ2v) is 3.72. The molecule has 92 valence electrons. The lowest BCUT2D eigenvalue weighted by atomic mass is 10.3. The maximum atomic E-state index is 11.4. The fourth-order valence-corrected chi connectivity index (χ4v) is 1.40. The van der Waals surface area contributed by atoms with E-state index in [0.29, 0.717) is 5.69 Å². The Balaban J connectivity index is 1.97. The highest BCUT2D eigenvalue weighted by atomic mass is 32.1. The third-order valence-corrected chi connectivity index (χ3v) is 2.27. The summed E-state index contributed by atoms with van der Waals surface area (Å²) in [4.78, 5) is 25.7. The highest BCUT2D eigenvalue weighted by Crippen LogP contribution is 2.08. The van der Waals surface area contributed by atoms with E-state index in [-0.39, 0.29) is 10.8 Å². The number of aromatic nitrogens is 4. The van der Waals surface area contributed by atoms with Crippen LogP contribution in [0.5, 0.6) is 0 Å². The van der Waals surface area contributed by atoms with Crippen molar-refractivity contribution in [3.63, 3.8) is 0 Å². The number of carboxylic acids is 1. The van der Waals surface area contributed by atoms with Gasteiger partial charge in [-0.2, -0.15) is 0 Å². The lowest BCUT2D eigenvalue weighted by Crippen LogP contribution is -2.19. The van der Waals surface area contributed by atoms with E-state index in [1.165, 1.54) is 18.3 Å². The molecule has 18 heavy (non-hydrogen) atoms. The fourth-order valence-electron chi connectivity index (χ4n) is 1.04. The van der Waals surface area contributed by atoms with Gasteiger partial charge in [-0.1, -0.05) is 9.59 Å². The van der Waals surface area contributed by atoms with Gasteiger partial charge in [-0.25, -0.2) is 14.6 Å². The third-order valence-electron chi connectivity index (χ3n) is 1.76. The van der Waals surface area contributed by atoms with Crippen LogP contribution in [0.15, 0.2) is 18.3 Å². The normalized spacial score (nSPS) is 9.78. The van der Waals surface area contributed by atoms with Crippen LogP contribution in [0.25, 0.3) is 0 Å². The molecule has 0 aliphatic rings. The number of nitrogens with zero attached hydrogens (tertiary/aromatic N) is 4. The average molecular weight is 266 g/mol. The van der Waals surface area contributed by atoms with Crippen molar-refractivity contribution < 1.29 is 14.7 Å². The summed E-state index contributed by atoms with van der Waals surface area (Å²) in [5.74, 6) is -1.13. The van der Waals surface area contributed by atoms with Crippen LogP contribution in [-0.2, 0) is 0 Å². The largest absolute Gasteiger partial charge is 0.477 e. The van der Waals surface area contributed by atoms with Crippen molar-refractivity contribution in [3.8, 4) is 0 Å². The SMILES string of the molecule is O=C(Nc1ccc(C(=O)O)nc1)Nc1nnns1. The van der Waals surface area contributed by atoms with Crippen molar-refractivity contribution >= 4 is 34.4 Å². The monoisotopic (exact) mass is 266 g/mol. The number of aromatic carboxylic acids is 1. The number of carbonyl (C=O) groups is 2. The number of amides is 2. The van der Waals surface area contributed by atoms with Gasteiger partial charge in [0.25, 0.3) is 0 Å². The summed E-state index contributed by atoms with van der Waals surface area (Å²) in [7, 11) is 0. The molecule has 0 spiro atoms. The van der Waals surface area contributed by atoms with Gasteiger partial charge in [0.1, 0.15) is 5.69 Å². The molecule has 10 heteroatoms. The minimum absolute atomic E-state index is 0.103. The minimum atomic E-state index is -1.13. The highest BCUT2D eigenvalue weighted by molar-refractivity contribution is 7.09. The number of urea groups is 1. The van der Waals surface area contributed by atoms with Crippen molar-refractivity contribution in [1.29, 1.82) is 0 Å².